The molecular formula is C46H88O9. The van der Waals surface area contributed by atoms with Gasteiger partial charge in [0.15, 0.2) is 12.1 Å². The molecule has 1 rings (SSSR count). The van der Waals surface area contributed by atoms with Crippen molar-refractivity contribution in [2.45, 2.75) is 250 Å². The third kappa shape index (κ3) is 25.2. The first kappa shape index (κ1) is 52.1. The Morgan fingerprint density at radius 3 is 1.56 bits per heavy atom. The first-order valence-corrected chi connectivity index (χ1v) is 23.2. The number of aliphatic hydroxyl groups is 6. The molecule has 0 aromatic rings. The quantitative estimate of drug-likeness (QED) is 0.0265. The second-order valence-electron chi connectivity index (χ2n) is 16.8. The summed E-state index contributed by atoms with van der Waals surface area (Å²) in [7, 11) is 0. The average Bonchev–Trinajstić information content (AvgIpc) is 3.18. The van der Waals surface area contributed by atoms with Gasteiger partial charge in [0.25, 0.3) is 0 Å². The number of ether oxygens (including phenoxy) is 2. The molecule has 1 fully saturated rings. The van der Waals surface area contributed by atoms with E-state index >= 15 is 0 Å². The molecule has 1 aliphatic heterocycles. The summed E-state index contributed by atoms with van der Waals surface area (Å²) in [5.41, 5.74) is 0. The Morgan fingerprint density at radius 1 is 0.636 bits per heavy atom. The van der Waals surface area contributed by atoms with Gasteiger partial charge >= 0.3 is 0 Å². The van der Waals surface area contributed by atoms with Crippen molar-refractivity contribution < 1.29 is 44.9 Å². The predicted octanol–water partition coefficient (Wildman–Crippen LogP) is 9.26. The Kier molecular flexibility index (Phi) is 33.2. The van der Waals surface area contributed by atoms with Crippen LogP contribution < -0.4 is 0 Å². The highest BCUT2D eigenvalue weighted by atomic mass is 16.7. The van der Waals surface area contributed by atoms with E-state index in [1.807, 2.05) is 6.08 Å². The van der Waals surface area contributed by atoms with Crippen molar-refractivity contribution >= 4 is 5.78 Å². The maximum absolute atomic E-state index is 13.5. The number of rotatable bonds is 38. The number of Topliss-reactive ketones (excluding diaryl/α,β-unsaturated/α-hetero) is 1. The molecule has 0 aliphatic carbocycles. The lowest BCUT2D eigenvalue weighted by Crippen LogP contribution is -2.59. The van der Waals surface area contributed by atoms with Gasteiger partial charge in [-0.1, -0.05) is 200 Å². The number of unbranched alkanes of at least 4 members (excludes halogenated alkanes) is 24. The summed E-state index contributed by atoms with van der Waals surface area (Å²) in [4.78, 5) is 13.5. The van der Waals surface area contributed by atoms with E-state index in [2.05, 4.69) is 20.8 Å². The molecule has 1 saturated heterocycles. The molecule has 0 aromatic heterocycles. The van der Waals surface area contributed by atoms with E-state index in [-0.39, 0.29) is 6.61 Å². The van der Waals surface area contributed by atoms with Gasteiger partial charge in [0.05, 0.1) is 25.2 Å². The second kappa shape index (κ2) is 35.1. The lowest BCUT2D eigenvalue weighted by molar-refractivity contribution is -0.303. The fraction of sp³-hybridized carbons (Fsp3) is 0.935. The number of hydrogen-bond acceptors (Lipinski definition) is 9. The van der Waals surface area contributed by atoms with Crippen LogP contribution in [0.25, 0.3) is 0 Å². The van der Waals surface area contributed by atoms with Crippen molar-refractivity contribution in [2.24, 2.45) is 11.8 Å². The Morgan fingerprint density at radius 2 is 1.09 bits per heavy atom. The van der Waals surface area contributed by atoms with Crippen LogP contribution in [-0.4, -0.2) is 92.5 Å². The topological polar surface area (TPSA) is 157 Å². The van der Waals surface area contributed by atoms with Gasteiger partial charge < -0.3 is 40.1 Å². The van der Waals surface area contributed by atoms with E-state index in [0.29, 0.717) is 12.8 Å². The molecule has 0 bridgehead atoms. The lowest BCUT2D eigenvalue weighted by Gasteiger charge is -2.40. The number of hydrogen-bond donors (Lipinski definition) is 6. The molecule has 0 amide bonds. The summed E-state index contributed by atoms with van der Waals surface area (Å²) in [5, 5.41) is 62.2. The van der Waals surface area contributed by atoms with Crippen molar-refractivity contribution in [3.05, 3.63) is 12.2 Å². The summed E-state index contributed by atoms with van der Waals surface area (Å²) in [6.07, 6.45) is 28.4. The number of carbonyl (C=O) groups is 1. The largest absolute Gasteiger partial charge is 0.394 e. The molecule has 1 unspecified atom stereocenters. The molecule has 0 radical (unpaired) electrons. The summed E-state index contributed by atoms with van der Waals surface area (Å²) in [5.74, 6) is -0.861. The molecule has 0 spiro atoms. The molecule has 9 atom stereocenters. The van der Waals surface area contributed by atoms with Crippen molar-refractivity contribution in [1.82, 2.24) is 0 Å². The smallest absolute Gasteiger partial charge is 0.186 e. The van der Waals surface area contributed by atoms with Crippen LogP contribution in [0.1, 0.15) is 207 Å². The molecule has 1 aliphatic rings. The maximum Gasteiger partial charge on any atom is 0.186 e. The standard InChI is InChI=1S/C46H88O9/c1-4-6-7-8-9-10-11-12-13-14-15-16-17-18-19-20-25-28-31-34-40(49)42(50)38(36-54-46-45(53)44(52)43(51)41(35-47)55-46)39(48)33-30-27-24-22-21-23-26-29-32-37(3)5-2/h30,33,37-41,43-49,51-53H,4-29,31-32,34-36H2,1-3H3/b33-30+/t37?,38-,39+,40+,41+,43-,44-,45+,46+/m0/s1. The van der Waals surface area contributed by atoms with Crippen molar-refractivity contribution in [1.29, 1.82) is 0 Å². The van der Waals surface area contributed by atoms with Crippen molar-refractivity contribution in [2.75, 3.05) is 13.2 Å². The SMILES string of the molecule is CCCCCCCCCCCCCCCCCCCCC[C@@H](O)C(=O)[C@@H](CO[C@@H]1O[C@H](CO)[C@H](O)[C@H](O)[C@H]1O)[C@H](O)/C=C/CCCCCCCCC(C)CC. The summed E-state index contributed by atoms with van der Waals surface area (Å²) in [6, 6.07) is 0. The average molecular weight is 785 g/mol. The minimum atomic E-state index is -1.62. The lowest BCUT2D eigenvalue weighted by atomic mass is 9.91. The Hall–Kier alpha value is -0.910. The Bertz CT molecular complexity index is 899. The van der Waals surface area contributed by atoms with Gasteiger partial charge in [0, 0.05) is 0 Å². The zero-order valence-electron chi connectivity index (χ0n) is 35.7. The van der Waals surface area contributed by atoms with Crippen LogP contribution in [0.4, 0.5) is 0 Å². The van der Waals surface area contributed by atoms with Gasteiger partial charge in [-0.25, -0.2) is 0 Å². The van der Waals surface area contributed by atoms with E-state index in [9.17, 15) is 35.4 Å². The summed E-state index contributed by atoms with van der Waals surface area (Å²) in [6.45, 7) is 5.84. The van der Waals surface area contributed by atoms with Crippen LogP contribution in [0.5, 0.6) is 0 Å². The highest BCUT2D eigenvalue weighted by Gasteiger charge is 2.44. The van der Waals surface area contributed by atoms with Gasteiger partial charge in [-0.15, -0.1) is 0 Å². The van der Waals surface area contributed by atoms with E-state index in [1.54, 1.807) is 6.08 Å². The van der Waals surface area contributed by atoms with Crippen LogP contribution in [0, 0.1) is 11.8 Å². The third-order valence-corrected chi connectivity index (χ3v) is 11.8. The zero-order chi connectivity index (χ0) is 40.5. The van der Waals surface area contributed by atoms with E-state index in [0.717, 1.165) is 44.4 Å². The molecule has 0 saturated carbocycles. The predicted molar refractivity (Wildman–Crippen MR) is 224 cm³/mol. The maximum atomic E-state index is 13.5. The van der Waals surface area contributed by atoms with Gasteiger partial charge in [0.1, 0.15) is 30.5 Å². The summed E-state index contributed by atoms with van der Waals surface area (Å²) >= 11 is 0. The second-order valence-corrected chi connectivity index (χ2v) is 16.8. The fourth-order valence-electron chi connectivity index (χ4n) is 7.59. The van der Waals surface area contributed by atoms with Crippen LogP contribution in [-0.2, 0) is 14.3 Å². The van der Waals surface area contributed by atoms with Gasteiger partial charge in [-0.3, -0.25) is 4.79 Å². The number of aliphatic hydroxyl groups excluding tert-OH is 6. The monoisotopic (exact) mass is 785 g/mol. The highest BCUT2D eigenvalue weighted by Crippen LogP contribution is 2.24. The number of allylic oxidation sites excluding steroid dienone is 1. The Balaban J connectivity index is 2.40. The molecule has 1 heterocycles. The minimum Gasteiger partial charge on any atom is -0.394 e. The third-order valence-electron chi connectivity index (χ3n) is 11.8. The molecule has 0 aromatic carbocycles. The first-order chi connectivity index (χ1) is 26.7. The molecule has 55 heavy (non-hydrogen) atoms. The van der Waals surface area contributed by atoms with Crippen molar-refractivity contribution in [3.8, 4) is 0 Å². The van der Waals surface area contributed by atoms with Crippen LogP contribution >= 0.6 is 0 Å². The van der Waals surface area contributed by atoms with Gasteiger partial charge in [0.2, 0.25) is 0 Å². The molecule has 9 nitrogen and oxygen atoms in total. The fourth-order valence-corrected chi connectivity index (χ4v) is 7.59. The van der Waals surface area contributed by atoms with Crippen LogP contribution in [0.3, 0.4) is 0 Å². The summed E-state index contributed by atoms with van der Waals surface area (Å²) < 4.78 is 11.1. The van der Waals surface area contributed by atoms with Crippen LogP contribution in [0.2, 0.25) is 0 Å². The van der Waals surface area contributed by atoms with Crippen molar-refractivity contribution in [3.63, 3.8) is 0 Å². The first-order valence-electron chi connectivity index (χ1n) is 23.2. The van der Waals surface area contributed by atoms with E-state index in [4.69, 9.17) is 9.47 Å². The van der Waals surface area contributed by atoms with Crippen LogP contribution in [0.15, 0.2) is 12.2 Å². The minimum absolute atomic E-state index is 0.294. The highest BCUT2D eigenvalue weighted by molar-refractivity contribution is 5.86. The molecule has 6 N–H and O–H groups in total. The molecule has 9 heteroatoms. The van der Waals surface area contributed by atoms with Gasteiger partial charge in [-0.2, -0.15) is 0 Å². The Labute approximate surface area is 337 Å². The normalized spacial score (nSPS) is 22.6. The molecule has 326 valence electrons. The zero-order valence-corrected chi connectivity index (χ0v) is 35.7. The number of ketones is 1. The molecular weight excluding hydrogens is 696 g/mol. The van der Waals surface area contributed by atoms with E-state index in [1.165, 1.54) is 135 Å². The van der Waals surface area contributed by atoms with E-state index < -0.39 is 61.2 Å². The number of carbonyl (C=O) groups excluding carboxylic acids is 1. The van der Waals surface area contributed by atoms with Gasteiger partial charge in [-0.05, 0) is 25.2 Å².